The zero-order valence-electron chi connectivity index (χ0n) is 20.7. The maximum atomic E-state index is 13.9. The van der Waals surface area contributed by atoms with Crippen molar-refractivity contribution in [2.75, 3.05) is 20.3 Å². The van der Waals surface area contributed by atoms with Crippen molar-refractivity contribution in [3.63, 3.8) is 0 Å². The maximum Gasteiger partial charge on any atom is 0.307 e. The second-order valence-corrected chi connectivity index (χ2v) is 9.34. The smallest absolute Gasteiger partial charge is 0.307 e. The van der Waals surface area contributed by atoms with Gasteiger partial charge in [0.25, 0.3) is 0 Å². The summed E-state index contributed by atoms with van der Waals surface area (Å²) in [5.74, 6) is 0.444. The van der Waals surface area contributed by atoms with Gasteiger partial charge in [0.1, 0.15) is 36.1 Å². The monoisotopic (exact) mass is 547 g/mol. The molecule has 0 spiro atoms. The van der Waals surface area contributed by atoms with Crippen LogP contribution >= 0.6 is 11.3 Å². The van der Waals surface area contributed by atoms with Crippen LogP contribution in [-0.2, 0) is 0 Å². The van der Waals surface area contributed by atoms with E-state index >= 15 is 0 Å². The van der Waals surface area contributed by atoms with Gasteiger partial charge in [-0.3, -0.25) is 14.6 Å². The highest BCUT2D eigenvalue weighted by Gasteiger charge is 2.19. The van der Waals surface area contributed by atoms with Gasteiger partial charge in [0.15, 0.2) is 5.76 Å². The molecule has 2 heterocycles. The molecule has 8 nitrogen and oxygen atoms in total. The number of thiazole rings is 1. The number of aromatic amines is 1. The Kier molecular flexibility index (Phi) is 7.20. The third kappa shape index (κ3) is 5.41. The predicted molar refractivity (Wildman–Crippen MR) is 147 cm³/mol. The molecule has 3 aromatic carbocycles. The number of rotatable bonds is 9. The van der Waals surface area contributed by atoms with E-state index in [4.69, 9.17) is 18.6 Å². The average Bonchev–Trinajstić information content (AvgIpc) is 3.29. The summed E-state index contributed by atoms with van der Waals surface area (Å²) in [4.78, 5) is 27.1. The number of aromatic hydroxyl groups is 1. The molecule has 10 heteroatoms. The normalized spacial score (nSPS) is 10.9. The molecule has 0 fully saturated rings. The lowest BCUT2D eigenvalue weighted by molar-refractivity contribution is 0.214. The number of methoxy groups -OCH3 is 1. The molecule has 0 unspecified atom stereocenters. The highest BCUT2D eigenvalue weighted by atomic mass is 32.1. The number of aromatic nitrogens is 1. The summed E-state index contributed by atoms with van der Waals surface area (Å²) in [7, 11) is 1.55. The minimum absolute atomic E-state index is 0.0138. The molecule has 5 aromatic rings. The molecule has 0 saturated carbocycles. The second-order valence-electron chi connectivity index (χ2n) is 8.35. The van der Waals surface area contributed by atoms with Crippen LogP contribution in [0.4, 0.5) is 4.39 Å². The van der Waals surface area contributed by atoms with E-state index in [1.54, 1.807) is 55.6 Å². The van der Waals surface area contributed by atoms with Crippen LogP contribution in [0.1, 0.15) is 10.4 Å². The third-order valence-corrected chi connectivity index (χ3v) is 6.78. The van der Waals surface area contributed by atoms with Crippen molar-refractivity contribution in [3.8, 4) is 34.5 Å². The molecule has 0 saturated heterocycles. The van der Waals surface area contributed by atoms with Crippen LogP contribution in [0.15, 0.2) is 87.3 Å². The fourth-order valence-electron chi connectivity index (χ4n) is 3.95. The minimum atomic E-state index is -0.567. The summed E-state index contributed by atoms with van der Waals surface area (Å²) in [5.41, 5.74) is 1.41. The Bertz CT molecular complexity index is 1790. The van der Waals surface area contributed by atoms with Gasteiger partial charge in [0.2, 0.25) is 17.1 Å². The molecule has 2 aromatic heterocycles. The highest BCUT2D eigenvalue weighted by molar-refractivity contribution is 7.10. The summed E-state index contributed by atoms with van der Waals surface area (Å²) in [6.45, 7) is 4.03. The fourth-order valence-corrected chi connectivity index (χ4v) is 4.67. The molecule has 0 radical (unpaired) electrons. The Morgan fingerprint density at radius 2 is 1.79 bits per heavy atom. The van der Waals surface area contributed by atoms with E-state index in [9.17, 15) is 19.1 Å². The van der Waals surface area contributed by atoms with Gasteiger partial charge in [-0.25, -0.2) is 4.39 Å². The van der Waals surface area contributed by atoms with Crippen molar-refractivity contribution in [2.45, 2.75) is 0 Å². The van der Waals surface area contributed by atoms with Crippen LogP contribution in [-0.4, -0.2) is 30.4 Å². The molecule has 0 amide bonds. The quantitative estimate of drug-likeness (QED) is 0.232. The molecule has 39 heavy (non-hydrogen) atoms. The Labute approximate surface area is 225 Å². The number of benzene rings is 3. The van der Waals surface area contributed by atoms with Crippen molar-refractivity contribution in [2.24, 2.45) is 0 Å². The van der Waals surface area contributed by atoms with Crippen molar-refractivity contribution < 1.29 is 28.1 Å². The molecule has 2 N–H and O–H groups in total. The first kappa shape index (κ1) is 25.8. The zero-order valence-corrected chi connectivity index (χ0v) is 21.5. The van der Waals surface area contributed by atoms with Crippen LogP contribution in [0.5, 0.6) is 23.1 Å². The van der Waals surface area contributed by atoms with Gasteiger partial charge in [-0.05, 0) is 65.7 Å². The fraction of sp³-hybridized carbons (Fsp3) is 0.103. The average molecular weight is 548 g/mol. The van der Waals surface area contributed by atoms with Crippen LogP contribution in [0, 0.1) is 5.82 Å². The van der Waals surface area contributed by atoms with E-state index in [1.807, 2.05) is 0 Å². The van der Waals surface area contributed by atoms with Gasteiger partial charge < -0.3 is 23.7 Å². The van der Waals surface area contributed by atoms with E-state index in [0.717, 1.165) is 17.4 Å². The first-order chi connectivity index (χ1) is 18.8. The van der Waals surface area contributed by atoms with Crippen LogP contribution in [0.2, 0.25) is 0 Å². The highest BCUT2D eigenvalue weighted by Crippen LogP contribution is 2.33. The number of ether oxygens (including phenoxy) is 3. The van der Waals surface area contributed by atoms with E-state index < -0.39 is 11.2 Å². The van der Waals surface area contributed by atoms with Gasteiger partial charge in [-0.2, -0.15) is 0 Å². The van der Waals surface area contributed by atoms with Crippen molar-refractivity contribution in [1.29, 1.82) is 0 Å². The van der Waals surface area contributed by atoms with E-state index in [-0.39, 0.29) is 46.4 Å². The number of hydrogen-bond acceptors (Lipinski definition) is 8. The van der Waals surface area contributed by atoms with Gasteiger partial charge in [0, 0.05) is 5.56 Å². The molecule has 198 valence electrons. The molecule has 0 aliphatic carbocycles. The number of nitrogens with one attached hydrogen (secondary N) is 1. The number of fused-ring (bicyclic) bond motifs is 1. The maximum absolute atomic E-state index is 13.9. The summed E-state index contributed by atoms with van der Waals surface area (Å²) in [6.07, 6.45) is 0. The number of H-pyrrole nitrogens is 1. The lowest BCUT2D eigenvalue weighted by Gasteiger charge is -2.13. The van der Waals surface area contributed by atoms with E-state index in [2.05, 4.69) is 11.6 Å². The number of halogens is 1. The SMILES string of the molecule is C=C(c1cccc(OCCOc2c(-c3ccc(OC)cc3)oc3ccc(F)cc3c2=O)c1)c1sc(=O)[nH]c1O. The Morgan fingerprint density at radius 1 is 1.03 bits per heavy atom. The Hall–Kier alpha value is -4.83. The van der Waals surface area contributed by atoms with Gasteiger partial charge in [-0.15, -0.1) is 0 Å². The molecule has 0 aliphatic heterocycles. The summed E-state index contributed by atoms with van der Waals surface area (Å²) in [6, 6.07) is 17.6. The lowest BCUT2D eigenvalue weighted by atomic mass is 10.1. The summed E-state index contributed by atoms with van der Waals surface area (Å²) in [5, 5.41) is 9.99. The Balaban J connectivity index is 1.36. The molecular formula is C29H22FNO7S. The molecule has 0 bridgehead atoms. The number of hydrogen-bond donors (Lipinski definition) is 2. The Morgan fingerprint density at radius 3 is 2.51 bits per heavy atom. The standard InChI is InChI=1S/C29H22FNO7S/c1-16(27-28(33)31-29(34)39-27)18-4-3-5-21(14-18)36-12-13-37-26-24(32)22-15-19(30)8-11-23(22)38-25(26)17-6-9-20(35-2)10-7-17/h3-11,14-15,33H,1,12-13H2,2H3,(H,31,34). The zero-order chi connectivity index (χ0) is 27.5. The summed E-state index contributed by atoms with van der Waals surface area (Å²) >= 11 is 0.856. The van der Waals surface area contributed by atoms with Crippen molar-refractivity contribution >= 4 is 27.9 Å². The molecule has 0 aliphatic rings. The third-order valence-electron chi connectivity index (χ3n) is 5.85. The van der Waals surface area contributed by atoms with Crippen molar-refractivity contribution in [3.05, 3.63) is 109 Å². The minimum Gasteiger partial charge on any atom is -0.497 e. The van der Waals surface area contributed by atoms with E-state index in [0.29, 0.717) is 33.1 Å². The largest absolute Gasteiger partial charge is 0.497 e. The van der Waals surface area contributed by atoms with Gasteiger partial charge in [-0.1, -0.05) is 30.0 Å². The molecule has 0 atom stereocenters. The van der Waals surface area contributed by atoms with Gasteiger partial charge >= 0.3 is 4.87 Å². The van der Waals surface area contributed by atoms with Crippen LogP contribution in [0.3, 0.4) is 0 Å². The van der Waals surface area contributed by atoms with Gasteiger partial charge in [0.05, 0.1) is 17.4 Å². The molecular weight excluding hydrogens is 525 g/mol. The lowest BCUT2D eigenvalue weighted by Crippen LogP contribution is -2.15. The van der Waals surface area contributed by atoms with Crippen LogP contribution in [0.25, 0.3) is 27.9 Å². The topological polar surface area (TPSA) is 111 Å². The van der Waals surface area contributed by atoms with Crippen LogP contribution < -0.4 is 24.5 Å². The first-order valence-corrected chi connectivity index (χ1v) is 12.5. The summed E-state index contributed by atoms with van der Waals surface area (Å²) < 4.78 is 36.7. The predicted octanol–water partition coefficient (Wildman–Crippen LogP) is 5.58. The molecule has 5 rings (SSSR count). The van der Waals surface area contributed by atoms with Crippen molar-refractivity contribution in [1.82, 2.24) is 4.98 Å². The first-order valence-electron chi connectivity index (χ1n) is 11.7. The second kappa shape index (κ2) is 10.9. The van der Waals surface area contributed by atoms with E-state index in [1.165, 1.54) is 12.1 Å².